The summed E-state index contributed by atoms with van der Waals surface area (Å²) in [5, 5.41) is 7.45. The summed E-state index contributed by atoms with van der Waals surface area (Å²) in [6.45, 7) is 0. The SMILES string of the molecule is CSc1sc(C=N)cc1S(=O)(=O)c1cnc(Cl)c(Br)c1. The van der Waals surface area contributed by atoms with Crippen molar-refractivity contribution in [3.63, 3.8) is 0 Å². The van der Waals surface area contributed by atoms with Gasteiger partial charge in [0.05, 0.1) is 18.5 Å². The molecule has 2 aromatic heterocycles. The molecule has 0 saturated carbocycles. The molecule has 20 heavy (non-hydrogen) atoms. The summed E-state index contributed by atoms with van der Waals surface area (Å²) < 4.78 is 26.3. The number of thiophene rings is 1. The summed E-state index contributed by atoms with van der Waals surface area (Å²) in [4.78, 5) is 4.70. The predicted octanol–water partition coefficient (Wildman–Crippen LogP) is 4.11. The van der Waals surface area contributed by atoms with E-state index in [4.69, 9.17) is 17.0 Å². The van der Waals surface area contributed by atoms with Crippen LogP contribution in [0.3, 0.4) is 0 Å². The lowest BCUT2D eigenvalue weighted by molar-refractivity contribution is 0.594. The third-order valence-corrected chi connectivity index (χ3v) is 7.74. The molecule has 0 amide bonds. The van der Waals surface area contributed by atoms with Crippen LogP contribution in [0, 0.1) is 5.41 Å². The summed E-state index contributed by atoms with van der Waals surface area (Å²) in [6.07, 6.45) is 4.17. The zero-order chi connectivity index (χ0) is 14.9. The fourth-order valence-corrected chi connectivity index (χ4v) is 5.88. The van der Waals surface area contributed by atoms with Gasteiger partial charge in [-0.1, -0.05) is 11.6 Å². The summed E-state index contributed by atoms with van der Waals surface area (Å²) in [6, 6.07) is 2.93. The van der Waals surface area contributed by atoms with Crippen LogP contribution >= 0.6 is 50.6 Å². The van der Waals surface area contributed by atoms with Gasteiger partial charge in [-0.3, -0.25) is 0 Å². The second-order valence-electron chi connectivity index (χ2n) is 3.60. The van der Waals surface area contributed by atoms with Crippen LogP contribution < -0.4 is 0 Å². The fourth-order valence-electron chi connectivity index (χ4n) is 1.45. The number of nitrogens with zero attached hydrogens (tertiary/aromatic N) is 1. The molecule has 2 rings (SSSR count). The van der Waals surface area contributed by atoms with Crippen LogP contribution in [0.4, 0.5) is 0 Å². The van der Waals surface area contributed by atoms with Crippen molar-refractivity contribution in [2.24, 2.45) is 0 Å². The van der Waals surface area contributed by atoms with E-state index in [2.05, 4.69) is 20.9 Å². The molecule has 2 heterocycles. The molecular weight excluding hydrogens is 404 g/mol. The number of thioether (sulfide) groups is 1. The zero-order valence-corrected chi connectivity index (χ0v) is 14.8. The average Bonchev–Trinajstić information content (AvgIpc) is 2.85. The van der Waals surface area contributed by atoms with Crippen LogP contribution in [0.15, 0.2) is 36.8 Å². The Morgan fingerprint density at radius 2 is 2.20 bits per heavy atom. The molecule has 0 unspecified atom stereocenters. The largest absolute Gasteiger partial charge is 0.307 e. The lowest BCUT2D eigenvalue weighted by atomic mass is 10.5. The number of pyridine rings is 1. The van der Waals surface area contributed by atoms with E-state index in [1.54, 1.807) is 6.26 Å². The van der Waals surface area contributed by atoms with E-state index in [0.29, 0.717) is 13.6 Å². The van der Waals surface area contributed by atoms with Crippen molar-refractivity contribution in [3.05, 3.63) is 32.8 Å². The van der Waals surface area contributed by atoms with E-state index in [-0.39, 0.29) is 14.9 Å². The monoisotopic (exact) mass is 410 g/mol. The van der Waals surface area contributed by atoms with Gasteiger partial charge < -0.3 is 5.41 Å². The Balaban J connectivity index is 2.62. The second kappa shape index (κ2) is 6.15. The fraction of sp³-hybridized carbons (Fsp3) is 0.0909. The van der Waals surface area contributed by atoms with Gasteiger partial charge in [-0.05, 0) is 34.3 Å². The summed E-state index contributed by atoms with van der Waals surface area (Å²) in [7, 11) is -3.68. The Hall–Kier alpha value is -0.410. The Labute approximate surface area is 138 Å². The topological polar surface area (TPSA) is 70.9 Å². The number of nitrogens with one attached hydrogen (secondary N) is 1. The second-order valence-corrected chi connectivity index (χ2v) is 8.89. The Morgan fingerprint density at radius 1 is 1.50 bits per heavy atom. The van der Waals surface area contributed by atoms with E-state index < -0.39 is 9.84 Å². The summed E-state index contributed by atoms with van der Waals surface area (Å²) >= 11 is 11.6. The number of sulfone groups is 1. The van der Waals surface area contributed by atoms with E-state index in [0.717, 1.165) is 6.21 Å². The molecular formula is C11H8BrClN2O2S3. The van der Waals surface area contributed by atoms with Crippen LogP contribution in [0.25, 0.3) is 0 Å². The van der Waals surface area contributed by atoms with Crippen LogP contribution in [-0.2, 0) is 9.84 Å². The molecule has 0 spiro atoms. The number of hydrogen-bond donors (Lipinski definition) is 1. The Kier molecular flexibility index (Phi) is 4.91. The molecule has 0 bridgehead atoms. The van der Waals surface area contributed by atoms with Crippen molar-refractivity contribution in [1.29, 1.82) is 5.41 Å². The van der Waals surface area contributed by atoms with Gasteiger partial charge in [0.15, 0.2) is 0 Å². The van der Waals surface area contributed by atoms with Gasteiger partial charge in [0.2, 0.25) is 9.84 Å². The molecule has 0 atom stereocenters. The maximum atomic E-state index is 12.6. The number of rotatable bonds is 4. The first kappa shape index (κ1) is 16.0. The van der Waals surface area contributed by atoms with Crippen molar-refractivity contribution in [1.82, 2.24) is 4.98 Å². The van der Waals surface area contributed by atoms with E-state index >= 15 is 0 Å². The van der Waals surface area contributed by atoms with E-state index in [1.165, 1.54) is 41.4 Å². The van der Waals surface area contributed by atoms with Crippen molar-refractivity contribution in [3.8, 4) is 0 Å². The molecule has 0 radical (unpaired) electrons. The first-order valence-corrected chi connectivity index (χ1v) is 9.84. The van der Waals surface area contributed by atoms with Crippen LogP contribution in [0.1, 0.15) is 4.88 Å². The van der Waals surface area contributed by atoms with Crippen LogP contribution in [0.2, 0.25) is 5.15 Å². The third kappa shape index (κ3) is 2.94. The molecule has 1 N–H and O–H groups in total. The van der Waals surface area contributed by atoms with Gasteiger partial charge in [0, 0.05) is 17.3 Å². The average molecular weight is 412 g/mol. The minimum Gasteiger partial charge on any atom is -0.307 e. The van der Waals surface area contributed by atoms with E-state index in [9.17, 15) is 8.42 Å². The minimum absolute atomic E-state index is 0.0680. The molecule has 9 heteroatoms. The standard InChI is InChI=1S/C11H8BrClN2O2S3/c1-18-11-9(2-6(4-14)19-11)20(16,17)7-3-8(12)10(13)15-5-7/h2-5,14H,1H3. The van der Waals surface area contributed by atoms with Crippen molar-refractivity contribution >= 4 is 66.7 Å². The van der Waals surface area contributed by atoms with Crippen molar-refractivity contribution in [2.45, 2.75) is 14.0 Å². The first-order valence-electron chi connectivity index (χ1n) is 5.14. The van der Waals surface area contributed by atoms with Gasteiger partial charge in [-0.15, -0.1) is 23.1 Å². The molecule has 0 aliphatic carbocycles. The lowest BCUT2D eigenvalue weighted by Crippen LogP contribution is -2.02. The molecule has 0 aromatic carbocycles. The Bertz CT molecular complexity index is 774. The number of hydrogen-bond acceptors (Lipinski definition) is 6. The summed E-state index contributed by atoms with van der Waals surface area (Å²) in [5.41, 5.74) is 0. The predicted molar refractivity (Wildman–Crippen MR) is 86.4 cm³/mol. The molecule has 4 nitrogen and oxygen atoms in total. The smallest absolute Gasteiger partial charge is 0.210 e. The third-order valence-electron chi connectivity index (χ3n) is 2.38. The molecule has 2 aromatic rings. The van der Waals surface area contributed by atoms with Crippen LogP contribution in [0.5, 0.6) is 0 Å². The lowest BCUT2D eigenvalue weighted by Gasteiger charge is -2.05. The quantitative estimate of drug-likeness (QED) is 0.467. The highest BCUT2D eigenvalue weighted by molar-refractivity contribution is 9.10. The van der Waals surface area contributed by atoms with Crippen molar-refractivity contribution < 1.29 is 8.42 Å². The molecule has 106 valence electrons. The van der Waals surface area contributed by atoms with Gasteiger partial charge >= 0.3 is 0 Å². The minimum atomic E-state index is -3.68. The van der Waals surface area contributed by atoms with E-state index in [1.807, 2.05) is 0 Å². The molecule has 0 aliphatic heterocycles. The number of aromatic nitrogens is 1. The zero-order valence-electron chi connectivity index (χ0n) is 10.1. The normalized spacial score (nSPS) is 11.6. The highest BCUT2D eigenvalue weighted by Crippen LogP contribution is 2.37. The van der Waals surface area contributed by atoms with Gasteiger partial charge in [-0.2, -0.15) is 0 Å². The van der Waals surface area contributed by atoms with Crippen molar-refractivity contribution in [2.75, 3.05) is 6.26 Å². The van der Waals surface area contributed by atoms with Gasteiger partial charge in [-0.25, -0.2) is 13.4 Å². The molecule has 0 saturated heterocycles. The Morgan fingerprint density at radius 3 is 2.75 bits per heavy atom. The van der Waals surface area contributed by atoms with Gasteiger partial charge in [0.1, 0.15) is 5.15 Å². The molecule has 0 fully saturated rings. The first-order chi connectivity index (χ1) is 9.40. The molecule has 0 aliphatic rings. The summed E-state index contributed by atoms with van der Waals surface area (Å²) in [5.74, 6) is 0. The highest BCUT2D eigenvalue weighted by Gasteiger charge is 2.24. The maximum absolute atomic E-state index is 12.6. The highest BCUT2D eigenvalue weighted by atomic mass is 79.9. The van der Waals surface area contributed by atoms with Crippen LogP contribution in [-0.4, -0.2) is 25.9 Å². The van der Waals surface area contributed by atoms with Gasteiger partial charge in [0.25, 0.3) is 0 Å². The maximum Gasteiger partial charge on any atom is 0.210 e. The number of halogens is 2.